The highest BCUT2D eigenvalue weighted by molar-refractivity contribution is 5.40. The molecule has 3 rings (SSSR count). The van der Waals surface area contributed by atoms with Crippen LogP contribution in [0.4, 0.5) is 0 Å². The van der Waals surface area contributed by atoms with E-state index in [4.69, 9.17) is 9.47 Å². The van der Waals surface area contributed by atoms with E-state index in [1.54, 1.807) is 14.2 Å². The highest BCUT2D eigenvalue weighted by atomic mass is 16.5. The number of aryl methyl sites for hydroxylation is 1. The van der Waals surface area contributed by atoms with Crippen LogP contribution in [-0.2, 0) is 13.6 Å². The number of hydrogen-bond donors (Lipinski definition) is 0. The van der Waals surface area contributed by atoms with Crippen molar-refractivity contribution in [2.45, 2.75) is 38.3 Å². The second-order valence-electron chi connectivity index (χ2n) is 6.43. The van der Waals surface area contributed by atoms with E-state index in [0.29, 0.717) is 6.04 Å². The summed E-state index contributed by atoms with van der Waals surface area (Å²) in [4.78, 5) is 2.53. The first-order valence-corrected chi connectivity index (χ1v) is 8.65. The van der Waals surface area contributed by atoms with E-state index in [1.807, 2.05) is 30.1 Å². The molecular formula is C19H27N3O2. The van der Waals surface area contributed by atoms with Gasteiger partial charge in [-0.3, -0.25) is 9.58 Å². The molecule has 1 fully saturated rings. The predicted octanol–water partition coefficient (Wildman–Crippen LogP) is 3.55. The Balaban J connectivity index is 1.87. The summed E-state index contributed by atoms with van der Waals surface area (Å²) < 4.78 is 12.8. The molecule has 0 N–H and O–H groups in total. The molecule has 5 heteroatoms. The van der Waals surface area contributed by atoms with Gasteiger partial charge in [-0.1, -0.05) is 12.8 Å². The Morgan fingerprint density at radius 3 is 2.71 bits per heavy atom. The molecule has 1 aliphatic heterocycles. The van der Waals surface area contributed by atoms with Gasteiger partial charge < -0.3 is 9.47 Å². The quantitative estimate of drug-likeness (QED) is 0.841. The lowest BCUT2D eigenvalue weighted by Gasteiger charge is -2.29. The summed E-state index contributed by atoms with van der Waals surface area (Å²) in [5.41, 5.74) is 2.33. The Morgan fingerprint density at radius 1 is 1.12 bits per heavy atom. The zero-order valence-electron chi connectivity index (χ0n) is 14.9. The van der Waals surface area contributed by atoms with E-state index in [1.165, 1.54) is 30.5 Å². The minimum atomic E-state index is 0.365. The average Bonchev–Trinajstić information content (AvgIpc) is 2.89. The number of likely N-dealkylation sites (tertiary alicyclic amines) is 1. The summed E-state index contributed by atoms with van der Waals surface area (Å²) in [6, 6.07) is 8.53. The molecule has 1 aliphatic rings. The van der Waals surface area contributed by atoms with E-state index < -0.39 is 0 Å². The lowest BCUT2D eigenvalue weighted by Crippen LogP contribution is -2.28. The monoisotopic (exact) mass is 329 g/mol. The van der Waals surface area contributed by atoms with Crippen molar-refractivity contribution in [3.63, 3.8) is 0 Å². The lowest BCUT2D eigenvalue weighted by molar-refractivity contribution is 0.185. The van der Waals surface area contributed by atoms with Crippen LogP contribution in [0.3, 0.4) is 0 Å². The second kappa shape index (κ2) is 7.71. The molecule has 1 saturated heterocycles. The second-order valence-corrected chi connectivity index (χ2v) is 6.43. The van der Waals surface area contributed by atoms with Gasteiger partial charge in [0.1, 0.15) is 11.5 Å². The van der Waals surface area contributed by atoms with Crippen LogP contribution in [0, 0.1) is 0 Å². The van der Waals surface area contributed by atoms with Crippen LogP contribution < -0.4 is 9.47 Å². The number of ether oxygens (including phenoxy) is 2. The van der Waals surface area contributed by atoms with Gasteiger partial charge >= 0.3 is 0 Å². The first-order valence-electron chi connectivity index (χ1n) is 8.65. The summed E-state index contributed by atoms with van der Waals surface area (Å²) in [5.74, 6) is 1.79. The summed E-state index contributed by atoms with van der Waals surface area (Å²) in [5, 5.41) is 4.66. The van der Waals surface area contributed by atoms with Crippen LogP contribution in [0.1, 0.15) is 43.0 Å². The van der Waals surface area contributed by atoms with E-state index >= 15 is 0 Å². The van der Waals surface area contributed by atoms with Crippen molar-refractivity contribution < 1.29 is 9.47 Å². The molecule has 24 heavy (non-hydrogen) atoms. The van der Waals surface area contributed by atoms with Crippen molar-refractivity contribution in [1.82, 2.24) is 14.7 Å². The molecule has 0 spiro atoms. The van der Waals surface area contributed by atoms with Gasteiger partial charge in [-0.05, 0) is 43.7 Å². The lowest BCUT2D eigenvalue weighted by atomic mass is 10.1. The molecule has 2 aromatic rings. The van der Waals surface area contributed by atoms with Gasteiger partial charge in [-0.25, -0.2) is 0 Å². The maximum Gasteiger partial charge on any atom is 0.123 e. The molecule has 0 saturated carbocycles. The number of methoxy groups -OCH3 is 2. The zero-order valence-corrected chi connectivity index (χ0v) is 14.9. The SMILES string of the molecule is COc1ccc(OC)c(CN2CCCCC[C@@H]2c2ccn(C)n2)c1. The normalized spacial score (nSPS) is 19.0. The minimum Gasteiger partial charge on any atom is -0.497 e. The number of rotatable bonds is 5. The molecular weight excluding hydrogens is 302 g/mol. The Bertz CT molecular complexity index is 668. The van der Waals surface area contributed by atoms with Gasteiger partial charge in [-0.15, -0.1) is 0 Å². The summed E-state index contributed by atoms with van der Waals surface area (Å²) in [6.45, 7) is 1.93. The fraction of sp³-hybridized carbons (Fsp3) is 0.526. The number of hydrogen-bond acceptors (Lipinski definition) is 4. The molecule has 0 bridgehead atoms. The van der Waals surface area contributed by atoms with Crippen LogP contribution in [0.5, 0.6) is 11.5 Å². The Kier molecular flexibility index (Phi) is 5.41. The zero-order chi connectivity index (χ0) is 16.9. The molecule has 5 nitrogen and oxygen atoms in total. The van der Waals surface area contributed by atoms with Crippen LogP contribution in [0.2, 0.25) is 0 Å². The van der Waals surface area contributed by atoms with Crippen molar-refractivity contribution in [2.75, 3.05) is 20.8 Å². The van der Waals surface area contributed by atoms with Crippen molar-refractivity contribution in [3.05, 3.63) is 41.7 Å². The van der Waals surface area contributed by atoms with Crippen molar-refractivity contribution in [2.24, 2.45) is 7.05 Å². The Hall–Kier alpha value is -2.01. The summed E-state index contributed by atoms with van der Waals surface area (Å²) >= 11 is 0. The molecule has 1 aromatic heterocycles. The third-order valence-corrected chi connectivity index (χ3v) is 4.80. The van der Waals surface area contributed by atoms with Crippen molar-refractivity contribution >= 4 is 0 Å². The van der Waals surface area contributed by atoms with Crippen LogP contribution in [0.15, 0.2) is 30.5 Å². The van der Waals surface area contributed by atoms with E-state index in [2.05, 4.69) is 22.1 Å². The van der Waals surface area contributed by atoms with Crippen molar-refractivity contribution in [3.8, 4) is 11.5 Å². The maximum absolute atomic E-state index is 5.56. The Labute approximate surface area is 144 Å². The van der Waals surface area contributed by atoms with Gasteiger partial charge in [0.15, 0.2) is 0 Å². The van der Waals surface area contributed by atoms with Gasteiger partial charge in [0, 0.05) is 25.4 Å². The Morgan fingerprint density at radius 2 is 2.00 bits per heavy atom. The van der Waals surface area contributed by atoms with E-state index in [0.717, 1.165) is 31.0 Å². The van der Waals surface area contributed by atoms with Gasteiger partial charge in [-0.2, -0.15) is 5.10 Å². The number of aromatic nitrogens is 2. The number of benzene rings is 1. The van der Waals surface area contributed by atoms with Gasteiger partial charge in [0.25, 0.3) is 0 Å². The highest BCUT2D eigenvalue weighted by Gasteiger charge is 2.25. The molecule has 0 aliphatic carbocycles. The average molecular weight is 329 g/mol. The molecule has 130 valence electrons. The van der Waals surface area contributed by atoms with Crippen LogP contribution in [0.25, 0.3) is 0 Å². The summed E-state index contributed by atoms with van der Waals surface area (Å²) in [7, 11) is 5.41. The van der Waals surface area contributed by atoms with Crippen LogP contribution in [-0.4, -0.2) is 35.4 Å². The van der Waals surface area contributed by atoms with Crippen LogP contribution >= 0.6 is 0 Å². The molecule has 1 aromatic carbocycles. The molecule has 0 radical (unpaired) electrons. The van der Waals surface area contributed by atoms with Crippen molar-refractivity contribution in [1.29, 1.82) is 0 Å². The molecule has 0 unspecified atom stereocenters. The highest BCUT2D eigenvalue weighted by Crippen LogP contribution is 2.33. The predicted molar refractivity (Wildman–Crippen MR) is 94.4 cm³/mol. The first-order chi connectivity index (χ1) is 11.7. The number of nitrogens with zero attached hydrogens (tertiary/aromatic N) is 3. The minimum absolute atomic E-state index is 0.365. The molecule has 1 atom stereocenters. The van der Waals surface area contributed by atoms with Gasteiger partial charge in [0.2, 0.25) is 0 Å². The fourth-order valence-corrected chi connectivity index (χ4v) is 3.53. The fourth-order valence-electron chi connectivity index (χ4n) is 3.53. The maximum atomic E-state index is 5.56. The standard InChI is InChI=1S/C19H27N3O2/c1-21-12-10-17(20-21)18-7-5-4-6-11-22(18)14-15-13-16(23-2)8-9-19(15)24-3/h8-10,12-13,18H,4-7,11,14H2,1-3H3/t18-/m1/s1. The smallest absolute Gasteiger partial charge is 0.123 e. The molecule has 0 amide bonds. The van der Waals surface area contributed by atoms with E-state index in [9.17, 15) is 0 Å². The van der Waals surface area contributed by atoms with E-state index in [-0.39, 0.29) is 0 Å². The first kappa shape index (κ1) is 16.8. The molecule has 2 heterocycles. The largest absolute Gasteiger partial charge is 0.497 e. The summed E-state index contributed by atoms with van der Waals surface area (Å²) in [6.07, 6.45) is 6.96. The third kappa shape index (κ3) is 3.73. The van der Waals surface area contributed by atoms with Gasteiger partial charge in [0.05, 0.1) is 26.0 Å². The third-order valence-electron chi connectivity index (χ3n) is 4.80. The topological polar surface area (TPSA) is 39.5 Å².